The maximum atomic E-state index is 5.87. The molecule has 2 aromatic rings. The molecule has 22 heavy (non-hydrogen) atoms. The van der Waals surface area contributed by atoms with E-state index >= 15 is 0 Å². The van der Waals surface area contributed by atoms with Crippen molar-refractivity contribution in [1.29, 1.82) is 0 Å². The number of halogens is 1. The Morgan fingerprint density at radius 2 is 1.68 bits per heavy atom. The van der Waals surface area contributed by atoms with Gasteiger partial charge in [-0.05, 0) is 42.8 Å². The van der Waals surface area contributed by atoms with E-state index in [9.17, 15) is 0 Å². The number of benzene rings is 2. The second kappa shape index (κ2) is 9.21. The molecule has 4 heteroatoms. The van der Waals surface area contributed by atoms with Gasteiger partial charge in [-0.25, -0.2) is 0 Å². The van der Waals surface area contributed by atoms with Gasteiger partial charge in [0.25, 0.3) is 0 Å². The Kier molecular flexibility index (Phi) is 6.91. The smallest absolute Gasteiger partial charge is 0.142 e. The lowest BCUT2D eigenvalue weighted by Crippen LogP contribution is -2.14. The fraction of sp³-hybridized carbons (Fsp3) is 0.333. The second-order valence-electron chi connectivity index (χ2n) is 5.06. The standard InChI is InChI=1S/C18H23ClN2O/c1-2-3-14-22-18-7-5-4-6-17(18)21-13-12-20-16-10-8-15(19)9-11-16/h4-11,20-21H,2-3,12-14H2,1H3. The summed E-state index contributed by atoms with van der Waals surface area (Å²) >= 11 is 5.87. The molecule has 0 heterocycles. The zero-order valence-electron chi connectivity index (χ0n) is 12.9. The van der Waals surface area contributed by atoms with E-state index in [1.54, 1.807) is 0 Å². The van der Waals surface area contributed by atoms with Crippen LogP contribution in [0, 0.1) is 0 Å². The average Bonchev–Trinajstić information content (AvgIpc) is 2.55. The Morgan fingerprint density at radius 1 is 0.955 bits per heavy atom. The van der Waals surface area contributed by atoms with Crippen LogP contribution < -0.4 is 15.4 Å². The lowest BCUT2D eigenvalue weighted by atomic mass is 10.3. The predicted octanol–water partition coefficient (Wildman–Crippen LogP) is 5.04. The first-order valence-electron chi connectivity index (χ1n) is 7.74. The van der Waals surface area contributed by atoms with Crippen molar-refractivity contribution in [3.05, 3.63) is 53.6 Å². The fourth-order valence-electron chi connectivity index (χ4n) is 2.04. The molecule has 0 aliphatic heterocycles. The first-order chi connectivity index (χ1) is 10.8. The number of hydrogen-bond donors (Lipinski definition) is 2. The van der Waals surface area contributed by atoms with E-state index in [0.717, 1.165) is 54.7 Å². The van der Waals surface area contributed by atoms with Crippen molar-refractivity contribution >= 4 is 23.0 Å². The number of unbranched alkanes of at least 4 members (excludes halogenated alkanes) is 1. The summed E-state index contributed by atoms with van der Waals surface area (Å²) in [5.41, 5.74) is 2.11. The summed E-state index contributed by atoms with van der Waals surface area (Å²) in [5.74, 6) is 0.919. The minimum absolute atomic E-state index is 0.752. The maximum Gasteiger partial charge on any atom is 0.142 e. The van der Waals surface area contributed by atoms with Gasteiger partial charge in [0.2, 0.25) is 0 Å². The van der Waals surface area contributed by atoms with Crippen molar-refractivity contribution in [3.63, 3.8) is 0 Å². The van der Waals surface area contributed by atoms with Crippen LogP contribution in [0.4, 0.5) is 11.4 Å². The lowest BCUT2D eigenvalue weighted by Gasteiger charge is -2.13. The summed E-state index contributed by atoms with van der Waals surface area (Å²) in [7, 11) is 0. The Balaban J connectivity index is 1.77. The third kappa shape index (κ3) is 5.49. The number of para-hydroxylation sites is 2. The summed E-state index contributed by atoms with van der Waals surface area (Å²) in [6.07, 6.45) is 2.22. The molecule has 2 N–H and O–H groups in total. The van der Waals surface area contributed by atoms with Crippen LogP contribution in [-0.2, 0) is 0 Å². The predicted molar refractivity (Wildman–Crippen MR) is 95.3 cm³/mol. The van der Waals surface area contributed by atoms with Gasteiger partial charge in [0, 0.05) is 23.8 Å². The highest BCUT2D eigenvalue weighted by Crippen LogP contribution is 2.23. The van der Waals surface area contributed by atoms with Gasteiger partial charge in [0.05, 0.1) is 12.3 Å². The average molecular weight is 319 g/mol. The number of nitrogens with one attached hydrogen (secondary N) is 2. The summed E-state index contributed by atoms with van der Waals surface area (Å²) in [4.78, 5) is 0. The first kappa shape index (κ1) is 16.5. The maximum absolute atomic E-state index is 5.87. The summed E-state index contributed by atoms with van der Waals surface area (Å²) in [6, 6.07) is 15.8. The largest absolute Gasteiger partial charge is 0.491 e. The van der Waals surface area contributed by atoms with Crippen LogP contribution in [0.5, 0.6) is 5.75 Å². The summed E-state index contributed by atoms with van der Waals surface area (Å²) in [6.45, 7) is 4.57. The number of hydrogen-bond acceptors (Lipinski definition) is 3. The molecule has 0 aliphatic carbocycles. The summed E-state index contributed by atoms with van der Waals surface area (Å²) in [5, 5.41) is 7.51. The van der Waals surface area contributed by atoms with Crippen LogP contribution in [-0.4, -0.2) is 19.7 Å². The molecule has 0 aliphatic rings. The van der Waals surface area contributed by atoms with Gasteiger partial charge in [-0.15, -0.1) is 0 Å². The van der Waals surface area contributed by atoms with Gasteiger partial charge in [-0.3, -0.25) is 0 Å². The quantitative estimate of drug-likeness (QED) is 0.635. The number of anilines is 2. The molecule has 0 radical (unpaired) electrons. The van der Waals surface area contributed by atoms with E-state index in [0.29, 0.717) is 0 Å². The molecule has 3 nitrogen and oxygen atoms in total. The van der Waals surface area contributed by atoms with Gasteiger partial charge in [0.15, 0.2) is 0 Å². The number of rotatable bonds is 9. The molecule has 2 rings (SSSR count). The first-order valence-corrected chi connectivity index (χ1v) is 8.12. The van der Waals surface area contributed by atoms with Gasteiger partial charge >= 0.3 is 0 Å². The second-order valence-corrected chi connectivity index (χ2v) is 5.50. The minimum atomic E-state index is 0.752. The highest BCUT2D eigenvalue weighted by Gasteiger charge is 2.01. The van der Waals surface area contributed by atoms with E-state index in [1.807, 2.05) is 48.5 Å². The topological polar surface area (TPSA) is 33.3 Å². The normalized spacial score (nSPS) is 10.3. The van der Waals surface area contributed by atoms with Crippen molar-refractivity contribution in [2.45, 2.75) is 19.8 Å². The Labute approximate surface area is 137 Å². The monoisotopic (exact) mass is 318 g/mol. The SMILES string of the molecule is CCCCOc1ccccc1NCCNc1ccc(Cl)cc1. The lowest BCUT2D eigenvalue weighted by molar-refractivity contribution is 0.311. The van der Waals surface area contributed by atoms with Crippen LogP contribution in [0.15, 0.2) is 48.5 Å². The zero-order chi connectivity index (χ0) is 15.6. The van der Waals surface area contributed by atoms with Crippen molar-refractivity contribution in [2.75, 3.05) is 30.3 Å². The molecule has 2 aromatic carbocycles. The third-order valence-electron chi connectivity index (χ3n) is 3.26. The molecular weight excluding hydrogens is 296 g/mol. The molecule has 0 saturated carbocycles. The van der Waals surface area contributed by atoms with Crippen molar-refractivity contribution in [1.82, 2.24) is 0 Å². The molecular formula is C18H23ClN2O. The van der Waals surface area contributed by atoms with Crippen LogP contribution in [0.1, 0.15) is 19.8 Å². The molecule has 118 valence electrons. The number of ether oxygens (including phenoxy) is 1. The van der Waals surface area contributed by atoms with Crippen molar-refractivity contribution in [3.8, 4) is 5.75 Å². The molecule has 0 spiro atoms. The molecule has 0 fully saturated rings. The summed E-state index contributed by atoms with van der Waals surface area (Å²) < 4.78 is 5.81. The molecule has 0 unspecified atom stereocenters. The van der Waals surface area contributed by atoms with Crippen LogP contribution in [0.3, 0.4) is 0 Å². The van der Waals surface area contributed by atoms with Gasteiger partial charge in [-0.1, -0.05) is 37.1 Å². The van der Waals surface area contributed by atoms with E-state index < -0.39 is 0 Å². The van der Waals surface area contributed by atoms with Gasteiger partial charge in [0.1, 0.15) is 5.75 Å². The third-order valence-corrected chi connectivity index (χ3v) is 3.51. The van der Waals surface area contributed by atoms with E-state index in [1.165, 1.54) is 0 Å². The van der Waals surface area contributed by atoms with Gasteiger partial charge < -0.3 is 15.4 Å². The molecule has 0 aromatic heterocycles. The Hall–Kier alpha value is -1.87. The van der Waals surface area contributed by atoms with Crippen molar-refractivity contribution < 1.29 is 4.74 Å². The van der Waals surface area contributed by atoms with Crippen LogP contribution >= 0.6 is 11.6 Å². The van der Waals surface area contributed by atoms with Crippen LogP contribution in [0.25, 0.3) is 0 Å². The molecule has 0 amide bonds. The van der Waals surface area contributed by atoms with E-state index in [-0.39, 0.29) is 0 Å². The highest BCUT2D eigenvalue weighted by molar-refractivity contribution is 6.30. The highest BCUT2D eigenvalue weighted by atomic mass is 35.5. The van der Waals surface area contributed by atoms with E-state index in [2.05, 4.69) is 17.6 Å². The Bertz CT molecular complexity index is 557. The molecule has 0 atom stereocenters. The Morgan fingerprint density at radius 3 is 2.45 bits per heavy atom. The zero-order valence-corrected chi connectivity index (χ0v) is 13.7. The molecule has 0 saturated heterocycles. The van der Waals surface area contributed by atoms with Crippen molar-refractivity contribution in [2.24, 2.45) is 0 Å². The van der Waals surface area contributed by atoms with Gasteiger partial charge in [-0.2, -0.15) is 0 Å². The van der Waals surface area contributed by atoms with E-state index in [4.69, 9.17) is 16.3 Å². The van der Waals surface area contributed by atoms with Crippen LogP contribution in [0.2, 0.25) is 5.02 Å². The minimum Gasteiger partial charge on any atom is -0.491 e. The fourth-order valence-corrected chi connectivity index (χ4v) is 2.16. The molecule has 0 bridgehead atoms.